The number of hydrogen-bond donors (Lipinski definition) is 0. The largest absolute Gasteiger partial charge is 0.421 e. The lowest BCUT2D eigenvalue weighted by molar-refractivity contribution is -0.0199. The van der Waals surface area contributed by atoms with Crippen LogP contribution in [0.2, 0.25) is 6.04 Å². The molecule has 1 heterocycles. The molecule has 3 unspecified atom stereocenters. The Morgan fingerprint density at radius 2 is 2.08 bits per heavy atom. The molecular formula is C8H15F3OSi. The molecule has 1 saturated heterocycles. The van der Waals surface area contributed by atoms with Gasteiger partial charge in [0.05, 0.1) is 0 Å². The molecule has 78 valence electrons. The van der Waals surface area contributed by atoms with E-state index in [0.29, 0.717) is 0 Å². The third-order valence-corrected chi connectivity index (χ3v) is 4.00. The molecule has 0 amide bonds. The average molecular weight is 212 g/mol. The summed E-state index contributed by atoms with van der Waals surface area (Å²) in [4.78, 5) is 0. The van der Waals surface area contributed by atoms with Gasteiger partial charge in [-0.2, -0.15) is 0 Å². The number of halogens is 3. The van der Waals surface area contributed by atoms with Crippen LogP contribution in [0.4, 0.5) is 13.2 Å². The first kappa shape index (κ1) is 11.0. The van der Waals surface area contributed by atoms with Crippen molar-refractivity contribution in [2.24, 2.45) is 5.92 Å². The van der Waals surface area contributed by atoms with Crippen LogP contribution in [0.5, 0.6) is 0 Å². The van der Waals surface area contributed by atoms with Crippen LogP contribution in [0, 0.1) is 5.92 Å². The molecule has 0 aromatic heterocycles. The summed E-state index contributed by atoms with van der Waals surface area (Å²) in [5, 5.41) is 0. The van der Waals surface area contributed by atoms with E-state index in [-0.39, 0.29) is 6.10 Å². The molecular weight excluding hydrogens is 197 g/mol. The molecule has 5 heteroatoms. The quantitative estimate of drug-likeness (QED) is 0.649. The summed E-state index contributed by atoms with van der Waals surface area (Å²) in [6, 6.07) is 1.09. The second-order valence-electron chi connectivity index (χ2n) is 3.54. The molecule has 1 fully saturated rings. The first-order valence-electron chi connectivity index (χ1n) is 4.66. The van der Waals surface area contributed by atoms with Crippen molar-refractivity contribution < 1.29 is 17.6 Å². The number of rotatable bonds is 3. The highest BCUT2D eigenvalue weighted by Gasteiger charge is 2.33. The van der Waals surface area contributed by atoms with Crippen molar-refractivity contribution in [3.8, 4) is 0 Å². The van der Waals surface area contributed by atoms with Gasteiger partial charge < -0.3 is 4.43 Å². The third kappa shape index (κ3) is 2.98. The minimum atomic E-state index is -2.87. The lowest BCUT2D eigenvalue weighted by Gasteiger charge is -2.29. The maximum absolute atomic E-state index is 12.9. The van der Waals surface area contributed by atoms with E-state index in [1.54, 1.807) is 0 Å². The monoisotopic (exact) mass is 212 g/mol. The van der Waals surface area contributed by atoms with E-state index < -0.39 is 28.3 Å². The summed E-state index contributed by atoms with van der Waals surface area (Å²) in [5.41, 5.74) is 0. The molecule has 0 aromatic rings. The molecule has 3 atom stereocenters. The van der Waals surface area contributed by atoms with Crippen LogP contribution >= 0.6 is 0 Å². The molecule has 0 aromatic carbocycles. The van der Waals surface area contributed by atoms with E-state index >= 15 is 0 Å². The topological polar surface area (TPSA) is 9.23 Å². The van der Waals surface area contributed by atoms with E-state index in [1.165, 1.54) is 6.92 Å². The van der Waals surface area contributed by atoms with Gasteiger partial charge in [-0.15, -0.1) is 0 Å². The van der Waals surface area contributed by atoms with Gasteiger partial charge in [-0.25, -0.2) is 13.2 Å². The maximum Gasteiger partial charge on any atom is 0.269 e. The number of alkyl halides is 3. The molecule has 0 spiro atoms. The Morgan fingerprint density at radius 1 is 1.38 bits per heavy atom. The second-order valence-corrected chi connectivity index (χ2v) is 4.99. The third-order valence-electron chi connectivity index (χ3n) is 2.54. The smallest absolute Gasteiger partial charge is 0.269 e. The van der Waals surface area contributed by atoms with E-state index in [9.17, 15) is 13.2 Å². The first-order chi connectivity index (χ1) is 6.13. The summed E-state index contributed by atoms with van der Waals surface area (Å²) in [6.45, 7) is 1.52. The fourth-order valence-electron chi connectivity index (χ4n) is 1.61. The van der Waals surface area contributed by atoms with Gasteiger partial charge in [0.15, 0.2) is 15.9 Å². The summed E-state index contributed by atoms with van der Waals surface area (Å²) in [7, 11) is -0.550. The van der Waals surface area contributed by atoms with Crippen LogP contribution in [0.1, 0.15) is 19.8 Å². The molecule has 0 N–H and O–H groups in total. The Kier molecular flexibility index (Phi) is 4.25. The van der Waals surface area contributed by atoms with Crippen molar-refractivity contribution in [1.29, 1.82) is 0 Å². The average Bonchev–Trinajstić information content (AvgIpc) is 2.17. The van der Waals surface area contributed by atoms with Gasteiger partial charge in [0.2, 0.25) is 0 Å². The van der Waals surface area contributed by atoms with Gasteiger partial charge >= 0.3 is 0 Å². The zero-order chi connectivity index (χ0) is 9.84. The highest BCUT2D eigenvalue weighted by Crippen LogP contribution is 2.26. The van der Waals surface area contributed by atoms with E-state index in [0.717, 1.165) is 18.9 Å². The molecule has 1 nitrogen and oxygen atoms in total. The lowest BCUT2D eigenvalue weighted by Crippen LogP contribution is -2.36. The van der Waals surface area contributed by atoms with Crippen LogP contribution in [-0.4, -0.2) is 28.5 Å². The normalized spacial score (nSPS) is 30.7. The number of hydrogen-bond acceptors (Lipinski definition) is 1. The zero-order valence-corrected chi connectivity index (χ0v) is 9.09. The zero-order valence-electron chi connectivity index (χ0n) is 7.68. The Hall–Kier alpha value is -0.0331. The van der Waals surface area contributed by atoms with Crippen LogP contribution in [0.25, 0.3) is 0 Å². The van der Waals surface area contributed by atoms with Gasteiger partial charge in [0.1, 0.15) is 0 Å². The van der Waals surface area contributed by atoms with Crippen LogP contribution in [0.15, 0.2) is 0 Å². The fraction of sp³-hybridized carbons (Fsp3) is 1.00. The van der Waals surface area contributed by atoms with Crippen molar-refractivity contribution in [2.45, 2.75) is 44.5 Å². The first-order valence-corrected chi connectivity index (χ1v) is 6.24. The molecule has 13 heavy (non-hydrogen) atoms. The standard InChI is InChI=1S/C8H15F3OSi/c1-5(7(9)8(10)11)6-3-2-4-13-12-6/h5-8H,2-4,13H2,1H3. The Morgan fingerprint density at radius 3 is 2.54 bits per heavy atom. The maximum atomic E-state index is 12.9. The van der Waals surface area contributed by atoms with Gasteiger partial charge in [0, 0.05) is 12.0 Å². The summed E-state index contributed by atoms with van der Waals surface area (Å²) in [5.74, 6) is -0.659. The van der Waals surface area contributed by atoms with Crippen molar-refractivity contribution >= 4 is 9.76 Å². The molecule has 1 aliphatic heterocycles. The van der Waals surface area contributed by atoms with Crippen LogP contribution in [-0.2, 0) is 4.43 Å². The SMILES string of the molecule is CC(C1CCC[SiH2]O1)C(F)C(F)F. The predicted octanol–water partition coefficient (Wildman–Crippen LogP) is 1.91. The minimum Gasteiger partial charge on any atom is -0.421 e. The highest BCUT2D eigenvalue weighted by atomic mass is 28.2. The molecule has 0 radical (unpaired) electrons. The molecule has 0 saturated carbocycles. The lowest BCUT2D eigenvalue weighted by atomic mass is 9.96. The predicted molar refractivity (Wildman–Crippen MR) is 47.5 cm³/mol. The van der Waals surface area contributed by atoms with Gasteiger partial charge in [-0.3, -0.25) is 0 Å². The molecule has 0 aliphatic carbocycles. The minimum absolute atomic E-state index is 0.260. The van der Waals surface area contributed by atoms with Crippen molar-refractivity contribution in [3.05, 3.63) is 0 Å². The van der Waals surface area contributed by atoms with Gasteiger partial charge in [-0.1, -0.05) is 13.3 Å². The van der Waals surface area contributed by atoms with Crippen molar-refractivity contribution in [3.63, 3.8) is 0 Å². The van der Waals surface area contributed by atoms with Crippen LogP contribution < -0.4 is 0 Å². The Bertz CT molecular complexity index is 150. The molecule has 1 aliphatic rings. The Labute approximate surface area is 78.6 Å². The van der Waals surface area contributed by atoms with E-state index in [1.807, 2.05) is 0 Å². The highest BCUT2D eigenvalue weighted by molar-refractivity contribution is 6.27. The van der Waals surface area contributed by atoms with E-state index in [4.69, 9.17) is 4.43 Å². The van der Waals surface area contributed by atoms with Gasteiger partial charge in [-0.05, 0) is 12.5 Å². The summed E-state index contributed by atoms with van der Waals surface area (Å²) < 4.78 is 42.3. The fourth-order valence-corrected chi connectivity index (χ4v) is 3.05. The van der Waals surface area contributed by atoms with Gasteiger partial charge in [0.25, 0.3) is 6.43 Å². The van der Waals surface area contributed by atoms with Crippen LogP contribution in [0.3, 0.4) is 0 Å². The van der Waals surface area contributed by atoms with Crippen molar-refractivity contribution in [1.82, 2.24) is 0 Å². The summed E-state index contributed by atoms with van der Waals surface area (Å²) >= 11 is 0. The van der Waals surface area contributed by atoms with E-state index in [2.05, 4.69) is 0 Å². The van der Waals surface area contributed by atoms with Crippen molar-refractivity contribution in [2.75, 3.05) is 0 Å². The molecule has 0 bridgehead atoms. The Balaban J connectivity index is 2.40. The molecule has 1 rings (SSSR count). The summed E-state index contributed by atoms with van der Waals surface area (Å²) in [6.07, 6.45) is -3.41. The second kappa shape index (κ2) is 5.00.